The molecule has 2 aliphatic rings. The van der Waals surface area contributed by atoms with Gasteiger partial charge in [-0.3, -0.25) is 0 Å². The quantitative estimate of drug-likeness (QED) is 0.901. The number of piperidine rings is 2. The summed E-state index contributed by atoms with van der Waals surface area (Å²) >= 11 is 0. The van der Waals surface area contributed by atoms with Crippen molar-refractivity contribution in [2.24, 2.45) is 0 Å². The maximum atomic E-state index is 11.2. The lowest BCUT2D eigenvalue weighted by molar-refractivity contribution is -0.0877. The molecule has 0 aliphatic carbocycles. The van der Waals surface area contributed by atoms with Crippen LogP contribution in [0.5, 0.6) is 5.75 Å². The van der Waals surface area contributed by atoms with Crippen LogP contribution in [0.1, 0.15) is 43.2 Å². The van der Waals surface area contributed by atoms with Crippen LogP contribution in [0.15, 0.2) is 18.2 Å². The van der Waals surface area contributed by atoms with Crippen molar-refractivity contribution in [1.82, 2.24) is 4.90 Å². The van der Waals surface area contributed by atoms with Gasteiger partial charge in [-0.15, -0.1) is 0 Å². The van der Waals surface area contributed by atoms with Crippen LogP contribution < -0.4 is 4.74 Å². The predicted octanol–water partition coefficient (Wildman–Crippen LogP) is 2.84. The second kappa shape index (κ2) is 5.05. The molecule has 1 aromatic rings. The Balaban J connectivity index is 1.93. The second-order valence-corrected chi connectivity index (χ2v) is 6.52. The Bertz CT molecular complexity index is 486. The summed E-state index contributed by atoms with van der Waals surface area (Å²) in [5.41, 5.74) is 1.55. The molecule has 2 saturated heterocycles. The van der Waals surface area contributed by atoms with Crippen LogP contribution in [0.25, 0.3) is 0 Å². The first-order valence-corrected chi connectivity index (χ1v) is 7.63. The minimum Gasteiger partial charge on any atom is -0.497 e. The minimum atomic E-state index is -0.668. The van der Waals surface area contributed by atoms with Crippen LogP contribution in [-0.4, -0.2) is 36.2 Å². The van der Waals surface area contributed by atoms with Crippen LogP contribution >= 0.6 is 0 Å². The molecule has 2 heterocycles. The average molecular weight is 275 g/mol. The van der Waals surface area contributed by atoms with E-state index in [9.17, 15) is 5.11 Å². The smallest absolute Gasteiger partial charge is 0.119 e. The van der Waals surface area contributed by atoms with Gasteiger partial charge < -0.3 is 14.7 Å². The van der Waals surface area contributed by atoms with Crippen molar-refractivity contribution < 1.29 is 9.84 Å². The molecule has 0 amide bonds. The van der Waals surface area contributed by atoms with E-state index in [2.05, 4.69) is 24.9 Å². The number of methoxy groups -OCH3 is 1. The van der Waals surface area contributed by atoms with Crippen molar-refractivity contribution in [3.05, 3.63) is 29.3 Å². The SMILES string of the molecule is COc1ccc(C2(O)CC3CCCC(C2)N3C)c(C)c1. The van der Waals surface area contributed by atoms with Gasteiger partial charge in [0.15, 0.2) is 0 Å². The monoisotopic (exact) mass is 275 g/mol. The van der Waals surface area contributed by atoms with Crippen molar-refractivity contribution in [1.29, 1.82) is 0 Å². The highest BCUT2D eigenvalue weighted by atomic mass is 16.5. The number of fused-ring (bicyclic) bond motifs is 2. The Kier molecular flexibility index (Phi) is 3.51. The van der Waals surface area contributed by atoms with Crippen LogP contribution in [0, 0.1) is 6.92 Å². The number of aliphatic hydroxyl groups is 1. The van der Waals surface area contributed by atoms with Gasteiger partial charge in [-0.05, 0) is 62.9 Å². The molecular weight excluding hydrogens is 250 g/mol. The number of hydrogen-bond acceptors (Lipinski definition) is 3. The van der Waals surface area contributed by atoms with Gasteiger partial charge in [0.1, 0.15) is 5.75 Å². The molecule has 0 spiro atoms. The van der Waals surface area contributed by atoms with Crippen molar-refractivity contribution in [3.63, 3.8) is 0 Å². The first kappa shape index (κ1) is 13.9. The average Bonchev–Trinajstić information content (AvgIpc) is 2.40. The van der Waals surface area contributed by atoms with E-state index >= 15 is 0 Å². The van der Waals surface area contributed by atoms with E-state index in [1.807, 2.05) is 12.1 Å². The van der Waals surface area contributed by atoms with Crippen molar-refractivity contribution in [2.45, 2.75) is 56.7 Å². The Hall–Kier alpha value is -1.06. The molecule has 3 rings (SSSR count). The summed E-state index contributed by atoms with van der Waals surface area (Å²) in [6.07, 6.45) is 5.44. The third kappa shape index (κ3) is 2.23. The van der Waals surface area contributed by atoms with Crippen LogP contribution in [0.2, 0.25) is 0 Å². The van der Waals surface area contributed by atoms with E-state index in [0.717, 1.165) is 29.7 Å². The van der Waals surface area contributed by atoms with Crippen LogP contribution in [0.3, 0.4) is 0 Å². The number of benzene rings is 1. The van der Waals surface area contributed by atoms with Crippen molar-refractivity contribution >= 4 is 0 Å². The molecule has 2 aliphatic heterocycles. The fraction of sp³-hybridized carbons (Fsp3) is 0.647. The van der Waals surface area contributed by atoms with Gasteiger partial charge in [0.2, 0.25) is 0 Å². The highest BCUT2D eigenvalue weighted by Crippen LogP contribution is 2.44. The molecular formula is C17H25NO2. The molecule has 3 heteroatoms. The number of hydrogen-bond donors (Lipinski definition) is 1. The molecule has 2 fully saturated rings. The van der Waals surface area contributed by atoms with Gasteiger partial charge in [-0.1, -0.05) is 12.5 Å². The second-order valence-electron chi connectivity index (χ2n) is 6.52. The summed E-state index contributed by atoms with van der Waals surface area (Å²) in [5.74, 6) is 0.864. The standard InChI is InChI=1S/C17H25NO2/c1-12-9-15(20-3)7-8-16(12)17(19)10-13-5-4-6-14(11-17)18(13)2/h7-9,13-14,19H,4-6,10-11H2,1-3H3. The third-order valence-electron chi connectivity index (χ3n) is 5.31. The Morgan fingerprint density at radius 3 is 2.45 bits per heavy atom. The van der Waals surface area contributed by atoms with Crippen LogP contribution in [-0.2, 0) is 5.60 Å². The fourth-order valence-corrected chi connectivity index (χ4v) is 4.15. The molecule has 0 radical (unpaired) electrons. The Morgan fingerprint density at radius 2 is 1.90 bits per heavy atom. The molecule has 1 N–H and O–H groups in total. The summed E-state index contributed by atoms with van der Waals surface area (Å²) in [4.78, 5) is 2.48. The fourth-order valence-electron chi connectivity index (χ4n) is 4.15. The van der Waals surface area contributed by atoms with Gasteiger partial charge in [0.25, 0.3) is 0 Å². The first-order chi connectivity index (χ1) is 9.53. The van der Waals surface area contributed by atoms with Gasteiger partial charge in [0, 0.05) is 12.1 Å². The van der Waals surface area contributed by atoms with Gasteiger partial charge in [0.05, 0.1) is 12.7 Å². The summed E-state index contributed by atoms with van der Waals surface area (Å²) < 4.78 is 5.27. The summed E-state index contributed by atoms with van der Waals surface area (Å²) in [5, 5.41) is 11.2. The van der Waals surface area contributed by atoms with Crippen molar-refractivity contribution in [3.8, 4) is 5.75 Å². The minimum absolute atomic E-state index is 0.522. The van der Waals surface area contributed by atoms with Crippen LogP contribution in [0.4, 0.5) is 0 Å². The van der Waals surface area contributed by atoms with Gasteiger partial charge in [-0.25, -0.2) is 0 Å². The highest BCUT2D eigenvalue weighted by molar-refractivity contribution is 5.39. The number of ether oxygens (including phenoxy) is 1. The van der Waals surface area contributed by atoms with E-state index in [0.29, 0.717) is 12.1 Å². The molecule has 0 aromatic heterocycles. The molecule has 2 atom stereocenters. The van der Waals surface area contributed by atoms with Crippen molar-refractivity contribution in [2.75, 3.05) is 14.2 Å². The number of rotatable bonds is 2. The molecule has 3 nitrogen and oxygen atoms in total. The predicted molar refractivity (Wildman–Crippen MR) is 80.1 cm³/mol. The number of nitrogens with zero attached hydrogens (tertiary/aromatic N) is 1. The normalized spacial score (nSPS) is 34.0. The maximum Gasteiger partial charge on any atom is 0.119 e. The lowest BCUT2D eigenvalue weighted by atomic mass is 9.72. The third-order valence-corrected chi connectivity index (χ3v) is 5.31. The maximum absolute atomic E-state index is 11.2. The van der Waals surface area contributed by atoms with E-state index < -0.39 is 5.60 Å². The molecule has 1 aromatic carbocycles. The molecule has 2 bridgehead atoms. The summed E-state index contributed by atoms with van der Waals surface area (Å²) in [6.45, 7) is 2.07. The Morgan fingerprint density at radius 1 is 1.25 bits per heavy atom. The zero-order chi connectivity index (χ0) is 14.3. The van der Waals surface area contributed by atoms with E-state index in [-0.39, 0.29) is 0 Å². The summed E-state index contributed by atoms with van der Waals surface area (Å²) in [7, 11) is 3.90. The highest BCUT2D eigenvalue weighted by Gasteiger charge is 2.45. The Labute approximate surface area is 121 Å². The van der Waals surface area contributed by atoms with E-state index in [1.165, 1.54) is 19.3 Å². The topological polar surface area (TPSA) is 32.7 Å². The number of aryl methyl sites for hydroxylation is 1. The van der Waals surface area contributed by atoms with E-state index in [1.54, 1.807) is 7.11 Å². The lowest BCUT2D eigenvalue weighted by Crippen LogP contribution is -2.55. The van der Waals surface area contributed by atoms with Gasteiger partial charge >= 0.3 is 0 Å². The molecule has 0 saturated carbocycles. The molecule has 110 valence electrons. The first-order valence-electron chi connectivity index (χ1n) is 7.63. The van der Waals surface area contributed by atoms with E-state index in [4.69, 9.17) is 4.74 Å². The summed E-state index contributed by atoms with van der Waals surface area (Å²) in [6, 6.07) is 7.09. The lowest BCUT2D eigenvalue weighted by Gasteiger charge is -2.51. The molecule has 2 unspecified atom stereocenters. The molecule has 20 heavy (non-hydrogen) atoms. The largest absolute Gasteiger partial charge is 0.497 e. The van der Waals surface area contributed by atoms with Gasteiger partial charge in [-0.2, -0.15) is 0 Å². The zero-order valence-corrected chi connectivity index (χ0v) is 12.7. The zero-order valence-electron chi connectivity index (χ0n) is 12.7.